The molecule has 5 rings (SSSR count). The Bertz CT molecular complexity index is 1390. The summed E-state index contributed by atoms with van der Waals surface area (Å²) in [6, 6.07) is 25.0. The number of amides is 2. The van der Waals surface area contributed by atoms with Crippen molar-refractivity contribution < 1.29 is 9.59 Å². The van der Waals surface area contributed by atoms with Crippen LogP contribution in [-0.2, 0) is 11.2 Å². The maximum Gasteiger partial charge on any atom is 0.262 e. The fraction of sp³-hybridized carbons (Fsp3) is 0.143. The second-order valence-electron chi connectivity index (χ2n) is 8.30. The zero-order chi connectivity index (χ0) is 24.0. The number of fused-ring (bicyclic) bond motifs is 1. The second kappa shape index (κ2) is 10.7. The average Bonchev–Trinajstić information content (AvgIpc) is 3.67. The molecule has 3 heterocycles. The molecule has 35 heavy (non-hydrogen) atoms. The van der Waals surface area contributed by atoms with Crippen LogP contribution in [0.3, 0.4) is 0 Å². The molecular weight excluding hydrogens is 474 g/mol. The quantitative estimate of drug-likeness (QED) is 0.248. The van der Waals surface area contributed by atoms with Gasteiger partial charge in [0.1, 0.15) is 6.04 Å². The van der Waals surface area contributed by atoms with E-state index in [0.717, 1.165) is 22.0 Å². The summed E-state index contributed by atoms with van der Waals surface area (Å²) in [6.07, 6.45) is 2.45. The summed E-state index contributed by atoms with van der Waals surface area (Å²) < 4.78 is 0. The molecule has 3 aromatic heterocycles. The van der Waals surface area contributed by atoms with E-state index in [-0.39, 0.29) is 17.7 Å². The monoisotopic (exact) mass is 499 g/mol. The van der Waals surface area contributed by atoms with Gasteiger partial charge in [0.15, 0.2) is 0 Å². The number of benzene rings is 2. The van der Waals surface area contributed by atoms with Crippen LogP contribution in [0.25, 0.3) is 10.9 Å². The minimum Gasteiger partial charge on any atom is -0.361 e. The third kappa shape index (κ3) is 5.37. The number of nitrogens with one attached hydrogen (secondary N) is 3. The smallest absolute Gasteiger partial charge is 0.262 e. The third-order valence-electron chi connectivity index (χ3n) is 6.01. The van der Waals surface area contributed by atoms with Crippen LogP contribution in [0.1, 0.15) is 31.6 Å². The van der Waals surface area contributed by atoms with Crippen LogP contribution in [0.5, 0.6) is 0 Å². The second-order valence-corrected chi connectivity index (χ2v) is 10.2. The van der Waals surface area contributed by atoms with E-state index in [0.29, 0.717) is 17.8 Å². The maximum absolute atomic E-state index is 13.4. The highest BCUT2D eigenvalue weighted by Gasteiger charge is 2.25. The molecule has 5 aromatic rings. The number of carbonyl (C=O) groups is 2. The van der Waals surface area contributed by atoms with Crippen molar-refractivity contribution in [2.24, 2.45) is 0 Å². The molecule has 3 N–H and O–H groups in total. The lowest BCUT2D eigenvalue weighted by Gasteiger charge is -2.21. The van der Waals surface area contributed by atoms with Gasteiger partial charge in [-0.2, -0.15) is 0 Å². The molecule has 0 saturated carbocycles. The Labute approximate surface area is 211 Å². The first-order chi connectivity index (χ1) is 17.2. The van der Waals surface area contributed by atoms with Crippen LogP contribution >= 0.6 is 22.7 Å². The van der Waals surface area contributed by atoms with Crippen LogP contribution in [0.4, 0.5) is 0 Å². The number of aromatic amines is 1. The van der Waals surface area contributed by atoms with Crippen molar-refractivity contribution >= 4 is 45.4 Å². The molecule has 0 bridgehead atoms. The molecule has 5 nitrogen and oxygen atoms in total. The van der Waals surface area contributed by atoms with Crippen molar-refractivity contribution in [1.29, 1.82) is 0 Å². The highest BCUT2D eigenvalue weighted by molar-refractivity contribution is 7.12. The number of hydrogen-bond acceptors (Lipinski definition) is 4. The molecule has 2 aromatic carbocycles. The Morgan fingerprint density at radius 1 is 0.857 bits per heavy atom. The summed E-state index contributed by atoms with van der Waals surface area (Å²) in [5.41, 5.74) is 3.21. The Hall–Kier alpha value is -3.68. The van der Waals surface area contributed by atoms with E-state index in [9.17, 15) is 9.59 Å². The van der Waals surface area contributed by atoms with Crippen molar-refractivity contribution in [2.75, 3.05) is 6.54 Å². The highest BCUT2D eigenvalue weighted by Crippen LogP contribution is 2.32. The van der Waals surface area contributed by atoms with Gasteiger partial charge in [-0.1, -0.05) is 60.7 Å². The molecule has 0 spiro atoms. The number of thiophene rings is 2. The van der Waals surface area contributed by atoms with E-state index >= 15 is 0 Å². The van der Waals surface area contributed by atoms with Gasteiger partial charge >= 0.3 is 0 Å². The van der Waals surface area contributed by atoms with E-state index in [4.69, 9.17) is 0 Å². The largest absolute Gasteiger partial charge is 0.361 e. The zero-order valence-corrected chi connectivity index (χ0v) is 20.6. The molecule has 176 valence electrons. The van der Waals surface area contributed by atoms with Gasteiger partial charge in [-0.15, -0.1) is 22.7 Å². The van der Waals surface area contributed by atoms with Gasteiger partial charge in [-0.25, -0.2) is 0 Å². The molecule has 0 fully saturated rings. The number of para-hydroxylation sites is 1. The predicted octanol–water partition coefficient (Wildman–Crippen LogP) is 5.58. The van der Waals surface area contributed by atoms with Crippen molar-refractivity contribution in [3.05, 3.63) is 117 Å². The summed E-state index contributed by atoms with van der Waals surface area (Å²) in [6.45, 7) is 0.432. The Balaban J connectivity index is 1.37. The molecule has 2 amide bonds. The first kappa shape index (κ1) is 23.1. The average molecular weight is 500 g/mol. The lowest BCUT2D eigenvalue weighted by Crippen LogP contribution is -2.48. The molecule has 0 aliphatic carbocycles. The molecule has 0 radical (unpaired) electrons. The van der Waals surface area contributed by atoms with Crippen LogP contribution in [0.2, 0.25) is 0 Å². The zero-order valence-electron chi connectivity index (χ0n) is 18.9. The number of rotatable bonds is 9. The SMILES string of the molecule is O=C(NC(Cc1ccccc1)C(=O)NCC(c1cccs1)c1c[nH]c2ccccc12)c1cccs1. The molecule has 0 saturated heterocycles. The fourth-order valence-corrected chi connectivity index (χ4v) is 5.73. The third-order valence-corrected chi connectivity index (χ3v) is 7.87. The van der Waals surface area contributed by atoms with E-state index in [2.05, 4.69) is 39.2 Å². The normalized spacial score (nSPS) is 12.8. The van der Waals surface area contributed by atoms with Crippen molar-refractivity contribution in [3.63, 3.8) is 0 Å². The molecule has 0 aliphatic heterocycles. The van der Waals surface area contributed by atoms with Crippen LogP contribution in [0, 0.1) is 0 Å². The Morgan fingerprint density at radius 2 is 1.63 bits per heavy atom. The number of aromatic nitrogens is 1. The number of H-pyrrole nitrogens is 1. The lowest BCUT2D eigenvalue weighted by atomic mass is 9.96. The van der Waals surface area contributed by atoms with Gasteiger partial charge < -0.3 is 15.6 Å². The minimum atomic E-state index is -0.682. The van der Waals surface area contributed by atoms with Gasteiger partial charge in [0.25, 0.3) is 5.91 Å². The topological polar surface area (TPSA) is 74.0 Å². The van der Waals surface area contributed by atoms with Gasteiger partial charge in [0.05, 0.1) is 4.88 Å². The maximum atomic E-state index is 13.4. The molecule has 2 atom stereocenters. The molecule has 2 unspecified atom stereocenters. The highest BCUT2D eigenvalue weighted by atomic mass is 32.1. The fourth-order valence-electron chi connectivity index (χ4n) is 4.26. The summed E-state index contributed by atoms with van der Waals surface area (Å²) >= 11 is 3.04. The molecule has 0 aliphatic rings. The van der Waals surface area contributed by atoms with Crippen molar-refractivity contribution in [2.45, 2.75) is 18.4 Å². The van der Waals surface area contributed by atoms with Crippen LogP contribution < -0.4 is 10.6 Å². The summed E-state index contributed by atoms with van der Waals surface area (Å²) in [5, 5.41) is 11.1. The summed E-state index contributed by atoms with van der Waals surface area (Å²) in [7, 11) is 0. The summed E-state index contributed by atoms with van der Waals surface area (Å²) in [5.74, 6) is -0.428. The van der Waals surface area contributed by atoms with E-state index < -0.39 is 6.04 Å². The van der Waals surface area contributed by atoms with E-state index in [1.54, 1.807) is 17.4 Å². The van der Waals surface area contributed by atoms with Gasteiger partial charge in [0, 0.05) is 40.9 Å². The van der Waals surface area contributed by atoms with Gasteiger partial charge in [0.2, 0.25) is 5.91 Å². The first-order valence-corrected chi connectivity index (χ1v) is 13.2. The number of hydrogen-bond donors (Lipinski definition) is 3. The standard InChI is InChI=1S/C28H25N3O2S2/c32-27(24(16-19-8-2-1-3-9-19)31-28(33)26-13-7-15-35-26)30-18-22(25-12-6-14-34-25)21-17-29-23-11-5-4-10-20(21)23/h1-15,17,22,24,29H,16,18H2,(H,30,32)(H,31,33). The van der Waals surface area contributed by atoms with Gasteiger partial charge in [-0.3, -0.25) is 9.59 Å². The predicted molar refractivity (Wildman–Crippen MR) is 143 cm³/mol. The van der Waals surface area contributed by atoms with Gasteiger partial charge in [-0.05, 0) is 40.1 Å². The number of carbonyl (C=O) groups excluding carboxylic acids is 2. The van der Waals surface area contributed by atoms with Crippen LogP contribution in [0.15, 0.2) is 95.8 Å². The Morgan fingerprint density at radius 3 is 2.40 bits per heavy atom. The van der Waals surface area contributed by atoms with E-state index in [1.807, 2.05) is 66.2 Å². The summed E-state index contributed by atoms with van der Waals surface area (Å²) in [4.78, 5) is 31.3. The minimum absolute atomic E-state index is 0.000438. The van der Waals surface area contributed by atoms with E-state index in [1.165, 1.54) is 16.2 Å². The Kier molecular flexibility index (Phi) is 7.07. The lowest BCUT2D eigenvalue weighted by molar-refractivity contribution is -0.123. The van der Waals surface area contributed by atoms with Crippen LogP contribution in [-0.4, -0.2) is 29.4 Å². The van der Waals surface area contributed by atoms with Crippen molar-refractivity contribution in [3.8, 4) is 0 Å². The molecule has 7 heteroatoms. The molecular formula is C28H25N3O2S2. The first-order valence-electron chi connectivity index (χ1n) is 11.4. The van der Waals surface area contributed by atoms with Crippen molar-refractivity contribution in [1.82, 2.24) is 15.6 Å².